The minimum absolute atomic E-state index is 0.101. The molecule has 2 amide bonds. The second kappa shape index (κ2) is 6.87. The van der Waals surface area contributed by atoms with E-state index in [-0.39, 0.29) is 17.2 Å². The highest BCUT2D eigenvalue weighted by atomic mass is 32.2. The van der Waals surface area contributed by atoms with Crippen LogP contribution in [0.5, 0.6) is 11.5 Å². The minimum atomic E-state index is -0.248. The summed E-state index contributed by atoms with van der Waals surface area (Å²) in [6.07, 6.45) is 2.42. The molecule has 0 radical (unpaired) electrons. The molecule has 1 aromatic carbocycles. The van der Waals surface area contributed by atoms with E-state index in [2.05, 4.69) is 0 Å². The zero-order valence-corrected chi connectivity index (χ0v) is 13.9. The van der Waals surface area contributed by atoms with E-state index in [4.69, 9.17) is 9.47 Å². The monoisotopic (exact) mass is 321 g/mol. The van der Waals surface area contributed by atoms with E-state index in [1.165, 1.54) is 4.90 Å². The number of rotatable bonds is 5. The molecule has 5 nitrogen and oxygen atoms in total. The summed E-state index contributed by atoms with van der Waals surface area (Å²) in [6.45, 7) is 3.82. The highest BCUT2D eigenvalue weighted by molar-refractivity contribution is 8.18. The predicted octanol–water partition coefficient (Wildman–Crippen LogP) is 3.54. The van der Waals surface area contributed by atoms with Crippen LogP contribution in [0, 0.1) is 0 Å². The van der Waals surface area contributed by atoms with Crippen molar-refractivity contribution in [3.8, 4) is 11.5 Å². The average Bonchev–Trinajstić information content (AvgIpc) is 2.81. The maximum Gasteiger partial charge on any atom is 0.293 e. The molecule has 1 aliphatic heterocycles. The molecule has 0 bridgehead atoms. The van der Waals surface area contributed by atoms with Crippen LogP contribution in [0.2, 0.25) is 0 Å². The largest absolute Gasteiger partial charge is 0.497 e. The Balaban J connectivity index is 2.34. The van der Waals surface area contributed by atoms with Gasteiger partial charge in [0.2, 0.25) is 0 Å². The van der Waals surface area contributed by atoms with E-state index in [0.29, 0.717) is 16.4 Å². The molecule has 0 N–H and O–H groups in total. The Morgan fingerprint density at radius 3 is 2.59 bits per heavy atom. The van der Waals surface area contributed by atoms with Crippen LogP contribution in [-0.2, 0) is 4.79 Å². The molecule has 0 spiro atoms. The van der Waals surface area contributed by atoms with Crippen LogP contribution in [0.15, 0.2) is 23.1 Å². The van der Waals surface area contributed by atoms with Crippen molar-refractivity contribution < 1.29 is 19.1 Å². The van der Waals surface area contributed by atoms with Crippen LogP contribution >= 0.6 is 11.8 Å². The summed E-state index contributed by atoms with van der Waals surface area (Å²) in [5.74, 6) is 1.01. The summed E-state index contributed by atoms with van der Waals surface area (Å²) in [5, 5.41) is -0.224. The fourth-order valence-electron chi connectivity index (χ4n) is 2.12. The predicted molar refractivity (Wildman–Crippen MR) is 87.1 cm³/mol. The maximum absolute atomic E-state index is 12.4. The van der Waals surface area contributed by atoms with Gasteiger partial charge in [0, 0.05) is 17.7 Å². The van der Waals surface area contributed by atoms with E-state index < -0.39 is 0 Å². The molecule has 22 heavy (non-hydrogen) atoms. The molecule has 6 heteroatoms. The molecule has 1 atom stereocenters. The smallest absolute Gasteiger partial charge is 0.293 e. The van der Waals surface area contributed by atoms with Crippen molar-refractivity contribution in [3.63, 3.8) is 0 Å². The van der Waals surface area contributed by atoms with Gasteiger partial charge in [0.15, 0.2) is 0 Å². The van der Waals surface area contributed by atoms with E-state index in [9.17, 15) is 9.59 Å². The summed E-state index contributed by atoms with van der Waals surface area (Å²) in [7, 11) is 3.13. The standard InChI is InChI=1S/C16H19NO4S/c1-5-10(2)17-15(18)14(22-16(17)19)8-11-6-7-12(20-3)9-13(11)21-4/h6-10H,5H2,1-4H3/b14-8-/t10-/m0/s1. The number of thioether (sulfide) groups is 1. The molecule has 0 saturated carbocycles. The lowest BCUT2D eigenvalue weighted by Crippen LogP contribution is -2.36. The molecule has 0 aliphatic carbocycles. The first-order chi connectivity index (χ1) is 10.5. The number of methoxy groups -OCH3 is 2. The summed E-state index contributed by atoms with van der Waals surface area (Å²) in [5.41, 5.74) is 0.734. The third-order valence-electron chi connectivity index (χ3n) is 3.58. The van der Waals surface area contributed by atoms with Crippen LogP contribution in [-0.4, -0.2) is 36.3 Å². The molecular weight excluding hydrogens is 302 g/mol. The molecule has 1 aromatic rings. The topological polar surface area (TPSA) is 55.8 Å². The van der Waals surface area contributed by atoms with Crippen molar-refractivity contribution in [2.24, 2.45) is 0 Å². The summed E-state index contributed by atoms with van der Waals surface area (Å²) >= 11 is 0.961. The number of ether oxygens (including phenoxy) is 2. The molecule has 0 aromatic heterocycles. The third kappa shape index (κ3) is 3.11. The average molecular weight is 321 g/mol. The van der Waals surface area contributed by atoms with Crippen molar-refractivity contribution in [2.45, 2.75) is 26.3 Å². The van der Waals surface area contributed by atoms with Crippen LogP contribution in [0.25, 0.3) is 6.08 Å². The number of amides is 2. The fraction of sp³-hybridized carbons (Fsp3) is 0.375. The molecule has 1 saturated heterocycles. The lowest BCUT2D eigenvalue weighted by atomic mass is 10.1. The summed E-state index contributed by atoms with van der Waals surface area (Å²) in [4.78, 5) is 26.1. The molecule has 2 rings (SSSR count). The van der Waals surface area contributed by atoms with Gasteiger partial charge in [-0.05, 0) is 43.3 Å². The molecule has 118 valence electrons. The van der Waals surface area contributed by atoms with Gasteiger partial charge in [-0.25, -0.2) is 0 Å². The van der Waals surface area contributed by atoms with E-state index in [1.807, 2.05) is 13.8 Å². The minimum Gasteiger partial charge on any atom is -0.497 e. The molecule has 0 unspecified atom stereocenters. The van der Waals surface area contributed by atoms with Gasteiger partial charge in [0.25, 0.3) is 11.1 Å². The van der Waals surface area contributed by atoms with Crippen LogP contribution < -0.4 is 9.47 Å². The fourth-order valence-corrected chi connectivity index (χ4v) is 3.04. The number of carbonyl (C=O) groups excluding carboxylic acids is 2. The van der Waals surface area contributed by atoms with Gasteiger partial charge in [0.1, 0.15) is 11.5 Å². The number of hydrogen-bond donors (Lipinski definition) is 0. The third-order valence-corrected chi connectivity index (χ3v) is 4.47. The van der Waals surface area contributed by atoms with Crippen molar-refractivity contribution in [2.75, 3.05) is 14.2 Å². The molecule has 1 fully saturated rings. The number of nitrogens with zero attached hydrogens (tertiary/aromatic N) is 1. The lowest BCUT2D eigenvalue weighted by molar-refractivity contribution is -0.124. The Labute approximate surface area is 134 Å². The molecule has 1 heterocycles. The van der Waals surface area contributed by atoms with Crippen LogP contribution in [0.1, 0.15) is 25.8 Å². The summed E-state index contributed by atoms with van der Waals surface area (Å²) < 4.78 is 10.5. The number of imide groups is 1. The van der Waals surface area contributed by atoms with Gasteiger partial charge < -0.3 is 9.47 Å². The molecule has 1 aliphatic rings. The first-order valence-electron chi connectivity index (χ1n) is 7.00. The Kier molecular flexibility index (Phi) is 5.13. The van der Waals surface area contributed by atoms with Gasteiger partial charge in [-0.15, -0.1) is 0 Å². The highest BCUT2D eigenvalue weighted by Crippen LogP contribution is 2.36. The second-order valence-electron chi connectivity index (χ2n) is 4.92. The highest BCUT2D eigenvalue weighted by Gasteiger charge is 2.37. The zero-order valence-electron chi connectivity index (χ0n) is 13.1. The van der Waals surface area contributed by atoms with Gasteiger partial charge >= 0.3 is 0 Å². The first kappa shape index (κ1) is 16.4. The number of benzene rings is 1. The van der Waals surface area contributed by atoms with Crippen molar-refractivity contribution in [3.05, 3.63) is 28.7 Å². The summed E-state index contributed by atoms with van der Waals surface area (Å²) in [6, 6.07) is 5.23. The van der Waals surface area contributed by atoms with E-state index >= 15 is 0 Å². The first-order valence-corrected chi connectivity index (χ1v) is 7.82. The Morgan fingerprint density at radius 1 is 1.27 bits per heavy atom. The van der Waals surface area contributed by atoms with Crippen LogP contribution in [0.3, 0.4) is 0 Å². The van der Waals surface area contributed by atoms with Crippen molar-refractivity contribution in [1.82, 2.24) is 4.90 Å². The number of hydrogen-bond acceptors (Lipinski definition) is 5. The number of carbonyl (C=O) groups is 2. The van der Waals surface area contributed by atoms with Crippen LogP contribution in [0.4, 0.5) is 4.79 Å². The van der Waals surface area contributed by atoms with E-state index in [0.717, 1.165) is 23.7 Å². The van der Waals surface area contributed by atoms with E-state index in [1.54, 1.807) is 38.5 Å². The molecular formula is C16H19NO4S. The Morgan fingerprint density at radius 2 is 2.00 bits per heavy atom. The quantitative estimate of drug-likeness (QED) is 0.776. The van der Waals surface area contributed by atoms with Crippen molar-refractivity contribution >= 4 is 29.0 Å². The maximum atomic E-state index is 12.4. The Bertz CT molecular complexity index is 627. The second-order valence-corrected chi connectivity index (χ2v) is 5.91. The van der Waals surface area contributed by atoms with Gasteiger partial charge in [-0.1, -0.05) is 6.92 Å². The zero-order chi connectivity index (χ0) is 16.3. The SMILES string of the molecule is CC[C@H](C)N1C(=O)S/C(=C\c2ccc(OC)cc2OC)C1=O. The van der Waals surface area contributed by atoms with Gasteiger partial charge in [0.05, 0.1) is 19.1 Å². The lowest BCUT2D eigenvalue weighted by Gasteiger charge is -2.19. The Hall–Kier alpha value is -1.95. The van der Waals surface area contributed by atoms with Crippen molar-refractivity contribution in [1.29, 1.82) is 0 Å². The van der Waals surface area contributed by atoms with Gasteiger partial charge in [-0.3, -0.25) is 14.5 Å². The van der Waals surface area contributed by atoms with Gasteiger partial charge in [-0.2, -0.15) is 0 Å². The normalized spacial score (nSPS) is 18.0.